The average molecular weight is 302 g/mol. The molecule has 1 aliphatic rings. The number of halogens is 1. The Balaban J connectivity index is 1.91. The van der Waals surface area contributed by atoms with E-state index in [1.807, 2.05) is 0 Å². The van der Waals surface area contributed by atoms with E-state index in [9.17, 15) is 0 Å². The van der Waals surface area contributed by atoms with Gasteiger partial charge in [0.15, 0.2) is 0 Å². The van der Waals surface area contributed by atoms with Gasteiger partial charge in [0.1, 0.15) is 0 Å². The van der Waals surface area contributed by atoms with Gasteiger partial charge in [-0.1, -0.05) is 52.9 Å². The van der Waals surface area contributed by atoms with Crippen molar-refractivity contribution in [3.8, 4) is 0 Å². The molecule has 0 unspecified atom stereocenters. The lowest BCUT2D eigenvalue weighted by molar-refractivity contribution is 0.0217. The zero-order chi connectivity index (χ0) is 9.80. The second kappa shape index (κ2) is 5.12. The van der Waals surface area contributed by atoms with E-state index >= 15 is 0 Å². The van der Waals surface area contributed by atoms with Crippen LogP contribution in [0.2, 0.25) is 0 Å². The predicted molar refractivity (Wildman–Crippen MR) is 66.9 cm³/mol. The lowest BCUT2D eigenvalue weighted by Crippen LogP contribution is -2.27. The first-order chi connectivity index (χ1) is 6.84. The van der Waals surface area contributed by atoms with Crippen LogP contribution in [0.1, 0.15) is 18.4 Å². The highest BCUT2D eigenvalue weighted by Crippen LogP contribution is 2.23. The molecular weight excluding hydrogens is 287 g/mol. The number of ether oxygens (including phenoxy) is 1. The summed E-state index contributed by atoms with van der Waals surface area (Å²) >= 11 is 2.53. The van der Waals surface area contributed by atoms with Crippen LogP contribution in [0.4, 0.5) is 0 Å². The van der Waals surface area contributed by atoms with Gasteiger partial charge >= 0.3 is 0 Å². The molecule has 0 saturated carbocycles. The van der Waals surface area contributed by atoms with E-state index < -0.39 is 0 Å². The monoisotopic (exact) mass is 302 g/mol. The molecule has 1 aliphatic heterocycles. The van der Waals surface area contributed by atoms with Crippen LogP contribution >= 0.6 is 22.6 Å². The fraction of sp³-hybridized carbons (Fsp3) is 0.500. The van der Waals surface area contributed by atoms with E-state index in [2.05, 4.69) is 52.9 Å². The first kappa shape index (κ1) is 10.4. The highest BCUT2D eigenvalue weighted by molar-refractivity contribution is 14.1. The molecule has 2 rings (SSSR count). The second-order valence-electron chi connectivity index (χ2n) is 3.80. The van der Waals surface area contributed by atoms with Crippen LogP contribution in [0, 0.1) is 0 Å². The molecule has 1 aromatic carbocycles. The van der Waals surface area contributed by atoms with E-state index in [0.717, 1.165) is 17.0 Å². The molecule has 1 saturated heterocycles. The van der Waals surface area contributed by atoms with Crippen LogP contribution in [-0.2, 0) is 11.2 Å². The Morgan fingerprint density at radius 2 is 2.07 bits per heavy atom. The molecule has 0 radical (unpaired) electrons. The summed E-state index contributed by atoms with van der Waals surface area (Å²) < 4.78 is 6.55. The van der Waals surface area contributed by atoms with Crippen molar-refractivity contribution in [2.75, 3.05) is 6.61 Å². The van der Waals surface area contributed by atoms with Gasteiger partial charge in [-0.05, 0) is 24.8 Å². The fourth-order valence-corrected chi connectivity index (χ4v) is 2.67. The van der Waals surface area contributed by atoms with Crippen molar-refractivity contribution in [3.05, 3.63) is 35.9 Å². The summed E-state index contributed by atoms with van der Waals surface area (Å²) in [6.45, 7) is 0.936. The summed E-state index contributed by atoms with van der Waals surface area (Å²) in [4.78, 5) is 0. The third-order valence-electron chi connectivity index (χ3n) is 2.61. The predicted octanol–water partition coefficient (Wildman–Crippen LogP) is 3.21. The normalized spacial score (nSPS) is 27.5. The van der Waals surface area contributed by atoms with E-state index in [4.69, 9.17) is 4.74 Å². The molecule has 14 heavy (non-hydrogen) atoms. The van der Waals surface area contributed by atoms with Gasteiger partial charge in [0, 0.05) is 10.5 Å². The van der Waals surface area contributed by atoms with Crippen molar-refractivity contribution < 1.29 is 4.74 Å². The maximum Gasteiger partial charge on any atom is 0.0625 e. The first-order valence-corrected chi connectivity index (χ1v) is 6.39. The molecule has 0 spiro atoms. The minimum atomic E-state index is 0.438. The van der Waals surface area contributed by atoms with Gasteiger partial charge in [-0.3, -0.25) is 0 Å². The summed E-state index contributed by atoms with van der Waals surface area (Å²) in [5, 5.41) is 0. The molecule has 2 heteroatoms. The van der Waals surface area contributed by atoms with Crippen LogP contribution in [0.15, 0.2) is 30.3 Å². The van der Waals surface area contributed by atoms with Crippen LogP contribution in [0.25, 0.3) is 0 Å². The maximum atomic E-state index is 5.75. The molecule has 0 aromatic heterocycles. The van der Waals surface area contributed by atoms with Crippen molar-refractivity contribution >= 4 is 22.6 Å². The van der Waals surface area contributed by atoms with Gasteiger partial charge in [0.05, 0.1) is 6.10 Å². The van der Waals surface area contributed by atoms with E-state index in [1.165, 1.54) is 18.4 Å². The third-order valence-corrected chi connectivity index (χ3v) is 3.74. The molecule has 76 valence electrons. The summed E-state index contributed by atoms with van der Waals surface area (Å²) in [7, 11) is 0. The molecule has 0 bridgehead atoms. The summed E-state index contributed by atoms with van der Waals surface area (Å²) in [5.41, 5.74) is 1.39. The summed E-state index contributed by atoms with van der Waals surface area (Å²) in [6.07, 6.45) is 3.93. The molecule has 2 atom stereocenters. The molecule has 1 heterocycles. The zero-order valence-electron chi connectivity index (χ0n) is 8.16. The zero-order valence-corrected chi connectivity index (χ0v) is 10.3. The molecule has 0 amide bonds. The quantitative estimate of drug-likeness (QED) is 0.602. The van der Waals surface area contributed by atoms with Crippen LogP contribution in [0.3, 0.4) is 0 Å². The Morgan fingerprint density at radius 3 is 2.79 bits per heavy atom. The molecular formula is C12H15IO. The molecule has 1 fully saturated rings. The molecule has 1 aromatic rings. The van der Waals surface area contributed by atoms with Crippen molar-refractivity contribution in [3.63, 3.8) is 0 Å². The second-order valence-corrected chi connectivity index (χ2v) is 5.57. The van der Waals surface area contributed by atoms with Gasteiger partial charge in [0.25, 0.3) is 0 Å². The highest BCUT2D eigenvalue weighted by Gasteiger charge is 2.20. The Labute approximate surface area is 99.0 Å². The smallest absolute Gasteiger partial charge is 0.0625 e. The SMILES string of the molecule is I[C@@H]1CCO[C@@H](Cc2ccccc2)C1. The first-order valence-electron chi connectivity index (χ1n) is 5.14. The van der Waals surface area contributed by atoms with Crippen molar-refractivity contribution in [1.29, 1.82) is 0 Å². The summed E-state index contributed by atoms with van der Waals surface area (Å²) in [6, 6.07) is 10.6. The number of hydrogen-bond donors (Lipinski definition) is 0. The molecule has 0 aliphatic carbocycles. The topological polar surface area (TPSA) is 9.23 Å². The van der Waals surface area contributed by atoms with Crippen molar-refractivity contribution in [1.82, 2.24) is 0 Å². The van der Waals surface area contributed by atoms with E-state index in [1.54, 1.807) is 0 Å². The minimum absolute atomic E-state index is 0.438. The van der Waals surface area contributed by atoms with Crippen LogP contribution in [-0.4, -0.2) is 16.6 Å². The molecule has 0 N–H and O–H groups in total. The highest BCUT2D eigenvalue weighted by atomic mass is 127. The largest absolute Gasteiger partial charge is 0.378 e. The number of benzene rings is 1. The Morgan fingerprint density at radius 1 is 1.29 bits per heavy atom. The summed E-state index contributed by atoms with van der Waals surface area (Å²) in [5.74, 6) is 0. The standard InChI is InChI=1S/C12H15IO/c13-11-6-7-14-12(9-11)8-10-4-2-1-3-5-10/h1-5,11-12H,6-9H2/t11-,12+/m1/s1. The van der Waals surface area contributed by atoms with E-state index in [-0.39, 0.29) is 0 Å². The Kier molecular flexibility index (Phi) is 3.81. The van der Waals surface area contributed by atoms with Gasteiger partial charge in [0.2, 0.25) is 0 Å². The lowest BCUT2D eigenvalue weighted by atomic mass is 10.0. The number of alkyl halides is 1. The van der Waals surface area contributed by atoms with Gasteiger partial charge in [-0.25, -0.2) is 0 Å². The number of hydrogen-bond acceptors (Lipinski definition) is 1. The van der Waals surface area contributed by atoms with Gasteiger partial charge in [-0.15, -0.1) is 0 Å². The Hall–Kier alpha value is -0.0900. The number of rotatable bonds is 2. The van der Waals surface area contributed by atoms with Crippen molar-refractivity contribution in [2.24, 2.45) is 0 Å². The van der Waals surface area contributed by atoms with Gasteiger partial charge in [-0.2, -0.15) is 0 Å². The third kappa shape index (κ3) is 2.95. The average Bonchev–Trinajstić information content (AvgIpc) is 2.19. The Bertz CT molecular complexity index is 273. The maximum absolute atomic E-state index is 5.75. The fourth-order valence-electron chi connectivity index (χ4n) is 1.85. The van der Waals surface area contributed by atoms with Gasteiger partial charge < -0.3 is 4.74 Å². The van der Waals surface area contributed by atoms with Crippen LogP contribution < -0.4 is 0 Å². The molecule has 1 nitrogen and oxygen atoms in total. The van der Waals surface area contributed by atoms with Crippen LogP contribution in [0.5, 0.6) is 0 Å². The van der Waals surface area contributed by atoms with E-state index in [0.29, 0.717) is 6.10 Å². The minimum Gasteiger partial charge on any atom is -0.378 e. The lowest BCUT2D eigenvalue weighted by Gasteiger charge is -2.26. The van der Waals surface area contributed by atoms with Crippen molar-refractivity contribution in [2.45, 2.75) is 29.3 Å².